The van der Waals surface area contributed by atoms with Gasteiger partial charge in [-0.3, -0.25) is 4.68 Å². The van der Waals surface area contributed by atoms with Gasteiger partial charge in [0.2, 0.25) is 0 Å². The Hall–Kier alpha value is -1.03. The number of halogens is 1. The fraction of sp³-hybridized carbons (Fsp3) is 0.300. The number of rotatable bonds is 2. The molecule has 0 amide bonds. The zero-order chi connectivity index (χ0) is 12.6. The third-order valence-electron chi connectivity index (χ3n) is 2.06. The van der Waals surface area contributed by atoms with E-state index < -0.39 is 7.04 Å². The third-order valence-corrected chi connectivity index (χ3v) is 2.83. The molecule has 2 aromatic rings. The van der Waals surface area contributed by atoms with Crippen LogP contribution in [0.1, 0.15) is 11.0 Å². The topological polar surface area (TPSA) is 27.1 Å². The summed E-state index contributed by atoms with van der Waals surface area (Å²) in [6.45, 7) is 2.75. The van der Waals surface area contributed by atoms with Crippen LogP contribution in [0.25, 0.3) is 10.9 Å². The van der Waals surface area contributed by atoms with Crippen molar-refractivity contribution in [3.63, 3.8) is 0 Å². The molecule has 0 spiro atoms. The van der Waals surface area contributed by atoms with Gasteiger partial charge in [-0.25, -0.2) is 0 Å². The molecule has 0 fully saturated rings. The van der Waals surface area contributed by atoms with Gasteiger partial charge < -0.3 is 4.74 Å². The lowest BCUT2D eigenvalue weighted by Gasteiger charge is -2.01. The highest BCUT2D eigenvalue weighted by molar-refractivity contribution is 9.10. The Morgan fingerprint density at radius 1 is 1.64 bits per heavy atom. The Morgan fingerprint density at radius 3 is 3.21 bits per heavy atom. The van der Waals surface area contributed by atoms with Gasteiger partial charge in [-0.1, -0.05) is 0 Å². The molecular weight excluding hydrogens is 244 g/mol. The van der Waals surface area contributed by atoms with Crippen LogP contribution in [0.5, 0.6) is 5.75 Å². The van der Waals surface area contributed by atoms with E-state index in [1.54, 1.807) is 16.8 Å². The van der Waals surface area contributed by atoms with E-state index in [4.69, 9.17) is 8.85 Å². The molecule has 0 aliphatic heterocycles. The fourth-order valence-corrected chi connectivity index (χ4v) is 1.85. The monoisotopic (exact) mass is 257 g/mol. The average molecular weight is 258 g/mol. The molecular formula is C10H11BrN2O. The van der Waals surface area contributed by atoms with Crippen LogP contribution in [-0.4, -0.2) is 16.8 Å². The highest BCUT2D eigenvalue weighted by Gasteiger charge is 2.08. The van der Waals surface area contributed by atoms with Crippen molar-refractivity contribution in [2.24, 2.45) is 0 Å². The molecule has 0 bridgehead atoms. The first kappa shape index (κ1) is 6.45. The maximum atomic E-state index is 7.08. The van der Waals surface area contributed by atoms with Crippen LogP contribution >= 0.6 is 15.9 Å². The quantitative estimate of drug-likeness (QED) is 0.828. The minimum Gasteiger partial charge on any atom is -0.495 e. The second kappa shape index (κ2) is 3.61. The van der Waals surface area contributed by atoms with Gasteiger partial charge in [-0.15, -0.1) is 0 Å². The number of hydrogen-bond acceptors (Lipinski definition) is 2. The molecule has 2 rings (SSSR count). The van der Waals surface area contributed by atoms with Crippen molar-refractivity contribution in [1.29, 1.82) is 0 Å². The van der Waals surface area contributed by atoms with Gasteiger partial charge in [0, 0.05) is 18.1 Å². The molecule has 0 saturated carbocycles. The van der Waals surface area contributed by atoms with E-state index in [9.17, 15) is 0 Å². The molecule has 4 heteroatoms. The largest absolute Gasteiger partial charge is 0.495 e. The molecule has 0 N–H and O–H groups in total. The second-order valence-corrected chi connectivity index (χ2v) is 3.70. The first-order chi connectivity index (χ1) is 7.90. The molecule has 3 nitrogen and oxygen atoms in total. The molecule has 0 aliphatic carbocycles. The predicted octanol–water partition coefficient (Wildman–Crippen LogP) is 2.83. The number of aryl methyl sites for hydroxylation is 1. The summed E-state index contributed by atoms with van der Waals surface area (Å²) in [7, 11) is -2.45. The van der Waals surface area contributed by atoms with Crippen LogP contribution in [0.3, 0.4) is 0 Å². The lowest BCUT2D eigenvalue weighted by molar-refractivity contribution is 0.413. The van der Waals surface area contributed by atoms with Crippen molar-refractivity contribution in [2.45, 2.75) is 13.5 Å². The van der Waals surface area contributed by atoms with E-state index in [0.717, 1.165) is 11.9 Å². The number of benzene rings is 1. The number of hydrogen-bond donors (Lipinski definition) is 0. The smallest absolute Gasteiger partial charge is 0.135 e. The van der Waals surface area contributed by atoms with E-state index >= 15 is 0 Å². The molecule has 0 radical (unpaired) electrons. The minimum absolute atomic E-state index is 0.277. The van der Waals surface area contributed by atoms with Gasteiger partial charge in [0.1, 0.15) is 11.3 Å². The van der Waals surface area contributed by atoms with Gasteiger partial charge in [0.15, 0.2) is 0 Å². The summed E-state index contributed by atoms with van der Waals surface area (Å²) in [5.41, 5.74) is 0.702. The molecule has 74 valence electrons. The summed E-state index contributed by atoms with van der Waals surface area (Å²) in [4.78, 5) is 0. The number of fused-ring (bicyclic) bond motifs is 1. The van der Waals surface area contributed by atoms with Crippen molar-refractivity contribution in [2.75, 3.05) is 7.04 Å². The Balaban J connectivity index is 2.49. The molecule has 14 heavy (non-hydrogen) atoms. The number of ether oxygens (including phenoxy) is 1. The van der Waals surface area contributed by atoms with E-state index in [0.29, 0.717) is 9.99 Å². The van der Waals surface area contributed by atoms with E-state index in [2.05, 4.69) is 21.0 Å². The standard InChI is InChI=1S/C10H11BrN2O/c1-3-13-6-7-4-5-8(14-2)9(11)10(7)12-13/h4-6H,3H2,1-2H3/i2D3. The van der Waals surface area contributed by atoms with E-state index in [-0.39, 0.29) is 5.75 Å². The van der Waals surface area contributed by atoms with E-state index in [1.165, 1.54) is 0 Å². The van der Waals surface area contributed by atoms with Gasteiger partial charge in [-0.2, -0.15) is 5.10 Å². The van der Waals surface area contributed by atoms with Gasteiger partial charge in [-0.05, 0) is 35.0 Å². The number of aromatic nitrogens is 2. The minimum atomic E-state index is -2.45. The number of nitrogens with zero attached hydrogens (tertiary/aromatic N) is 2. The summed E-state index contributed by atoms with van der Waals surface area (Å²) < 4.78 is 28.5. The van der Waals surface area contributed by atoms with Crippen LogP contribution in [0.2, 0.25) is 0 Å². The van der Waals surface area contributed by atoms with Crippen LogP contribution in [0.15, 0.2) is 22.8 Å². The molecule has 1 heterocycles. The summed E-state index contributed by atoms with van der Waals surface area (Å²) >= 11 is 3.33. The van der Waals surface area contributed by atoms with Crippen LogP contribution in [0.4, 0.5) is 0 Å². The second-order valence-electron chi connectivity index (χ2n) is 2.90. The van der Waals surface area contributed by atoms with Crippen molar-refractivity contribution in [3.05, 3.63) is 22.8 Å². The highest BCUT2D eigenvalue weighted by atomic mass is 79.9. The molecule has 0 saturated heterocycles. The van der Waals surface area contributed by atoms with E-state index in [1.807, 2.05) is 13.1 Å². The highest BCUT2D eigenvalue weighted by Crippen LogP contribution is 2.31. The molecule has 0 aliphatic rings. The maximum Gasteiger partial charge on any atom is 0.135 e. The summed E-state index contributed by atoms with van der Waals surface area (Å²) in [5, 5.41) is 5.27. The van der Waals surface area contributed by atoms with Crippen molar-refractivity contribution >= 4 is 26.8 Å². The first-order valence-electron chi connectivity index (χ1n) is 5.75. The molecule has 1 aromatic carbocycles. The zero-order valence-electron chi connectivity index (χ0n) is 10.6. The van der Waals surface area contributed by atoms with Crippen LogP contribution in [-0.2, 0) is 6.54 Å². The zero-order valence-corrected chi connectivity index (χ0v) is 9.21. The normalized spacial score (nSPS) is 14.9. The third kappa shape index (κ3) is 1.39. The Bertz CT molecular complexity index is 550. The number of methoxy groups -OCH3 is 1. The van der Waals surface area contributed by atoms with Gasteiger partial charge >= 0.3 is 0 Å². The molecule has 0 unspecified atom stereocenters. The SMILES string of the molecule is [2H]C([2H])([2H])Oc1ccc2cn(CC)nc2c1Br. The Morgan fingerprint density at radius 2 is 2.50 bits per heavy atom. The maximum absolute atomic E-state index is 7.08. The fourth-order valence-electron chi connectivity index (χ4n) is 1.33. The lowest BCUT2D eigenvalue weighted by Crippen LogP contribution is -1.92. The van der Waals surface area contributed by atoms with Crippen LogP contribution in [0, 0.1) is 0 Å². The summed E-state index contributed by atoms with van der Waals surface area (Å²) in [5.74, 6) is 0.277. The lowest BCUT2D eigenvalue weighted by atomic mass is 10.2. The summed E-state index contributed by atoms with van der Waals surface area (Å²) in [6, 6.07) is 3.42. The Kier molecular flexibility index (Phi) is 1.66. The summed E-state index contributed by atoms with van der Waals surface area (Å²) in [6.07, 6.45) is 1.90. The van der Waals surface area contributed by atoms with Crippen molar-refractivity contribution < 1.29 is 8.85 Å². The molecule has 1 aromatic heterocycles. The van der Waals surface area contributed by atoms with Gasteiger partial charge in [0.25, 0.3) is 0 Å². The van der Waals surface area contributed by atoms with Crippen molar-refractivity contribution in [3.8, 4) is 5.75 Å². The van der Waals surface area contributed by atoms with Gasteiger partial charge in [0.05, 0.1) is 15.6 Å². The molecule has 0 atom stereocenters. The predicted molar refractivity (Wildman–Crippen MR) is 59.7 cm³/mol. The van der Waals surface area contributed by atoms with Crippen molar-refractivity contribution in [1.82, 2.24) is 9.78 Å². The first-order valence-corrected chi connectivity index (χ1v) is 5.04. The average Bonchev–Trinajstić information content (AvgIpc) is 2.64. The Labute approximate surface area is 95.0 Å². The van der Waals surface area contributed by atoms with Crippen LogP contribution < -0.4 is 4.74 Å².